The smallest absolute Gasteiger partial charge is 0.323 e. The molecule has 4 nitrogen and oxygen atoms in total. The predicted molar refractivity (Wildman–Crippen MR) is 51.1 cm³/mol. The van der Waals surface area contributed by atoms with Gasteiger partial charge in [-0.1, -0.05) is 0 Å². The number of rotatable bonds is 3. The van der Waals surface area contributed by atoms with Crippen LogP contribution in [-0.2, 0) is 10.1 Å². The molecule has 0 unspecified atom stereocenters. The van der Waals surface area contributed by atoms with Crippen LogP contribution in [0.1, 0.15) is 0 Å². The van der Waals surface area contributed by atoms with Gasteiger partial charge >= 0.3 is 10.1 Å². The zero-order valence-corrected chi connectivity index (χ0v) is 8.18. The maximum absolute atomic E-state index is 10.9. The summed E-state index contributed by atoms with van der Waals surface area (Å²) in [6.07, 6.45) is 0. The van der Waals surface area contributed by atoms with E-state index in [1.807, 2.05) is 0 Å². The number of anilines is 1. The first-order valence-electron chi connectivity index (χ1n) is 3.37. The number of benzene rings is 1. The fourth-order valence-electron chi connectivity index (χ4n) is 0.692. The molecule has 0 aromatic heterocycles. The van der Waals surface area contributed by atoms with Gasteiger partial charge in [0.15, 0.2) is 5.21 Å². The van der Waals surface area contributed by atoms with Crippen LogP contribution in [0.15, 0.2) is 24.3 Å². The van der Waals surface area contributed by atoms with E-state index in [1.54, 1.807) is 12.1 Å². The summed E-state index contributed by atoms with van der Waals surface area (Å²) >= 11 is 5.14. The van der Waals surface area contributed by atoms with Crippen molar-refractivity contribution in [3.05, 3.63) is 24.3 Å². The number of alkyl halides is 1. The Labute approximate surface area is 81.4 Å². The van der Waals surface area contributed by atoms with Crippen molar-refractivity contribution in [3.63, 3.8) is 0 Å². The Morgan fingerprint density at radius 2 is 1.85 bits per heavy atom. The zero-order valence-electron chi connectivity index (χ0n) is 6.60. The molecular formula is C7H8ClNO3S. The van der Waals surface area contributed by atoms with Crippen LogP contribution in [0, 0.1) is 0 Å². The molecule has 0 aliphatic heterocycles. The van der Waals surface area contributed by atoms with Crippen molar-refractivity contribution in [2.45, 2.75) is 0 Å². The van der Waals surface area contributed by atoms with Crippen LogP contribution < -0.4 is 9.92 Å². The van der Waals surface area contributed by atoms with Gasteiger partial charge in [0.1, 0.15) is 5.75 Å². The molecule has 0 bridgehead atoms. The normalized spacial score (nSPS) is 11.2. The number of hydrogen-bond donors (Lipinski definition) is 1. The molecule has 0 saturated heterocycles. The van der Waals surface area contributed by atoms with E-state index in [0.717, 1.165) is 0 Å². The molecular weight excluding hydrogens is 214 g/mol. The van der Waals surface area contributed by atoms with Crippen LogP contribution in [-0.4, -0.2) is 13.6 Å². The van der Waals surface area contributed by atoms with Crippen molar-refractivity contribution in [1.82, 2.24) is 0 Å². The third kappa shape index (κ3) is 3.12. The molecule has 1 aromatic carbocycles. The lowest BCUT2D eigenvalue weighted by Crippen LogP contribution is -2.09. The third-order valence-electron chi connectivity index (χ3n) is 1.24. The second-order valence-corrected chi connectivity index (χ2v) is 4.47. The van der Waals surface area contributed by atoms with E-state index < -0.39 is 15.3 Å². The molecule has 2 N–H and O–H groups in total. The summed E-state index contributed by atoms with van der Waals surface area (Å²) in [5.74, 6) is 0.204. The van der Waals surface area contributed by atoms with Crippen LogP contribution in [0.3, 0.4) is 0 Å². The summed E-state index contributed by atoms with van der Waals surface area (Å²) in [6.45, 7) is 0. The Morgan fingerprint density at radius 1 is 1.31 bits per heavy atom. The first-order chi connectivity index (χ1) is 6.03. The Morgan fingerprint density at radius 3 is 2.31 bits per heavy atom. The number of nitrogens with two attached hydrogens (primary N) is 1. The highest BCUT2D eigenvalue weighted by molar-refractivity contribution is 7.88. The van der Waals surface area contributed by atoms with Crippen LogP contribution in [0.5, 0.6) is 5.75 Å². The molecule has 1 aromatic rings. The SMILES string of the molecule is Nc1ccc(OS(=O)(=O)CCl)cc1. The standard InChI is InChI=1S/C7H8ClNO3S/c8-5-13(10,11)12-7-3-1-6(9)2-4-7/h1-4H,5,9H2. The number of nitrogen functional groups attached to an aromatic ring is 1. The molecule has 0 saturated carbocycles. The van der Waals surface area contributed by atoms with Crippen molar-refractivity contribution in [1.29, 1.82) is 0 Å². The second-order valence-electron chi connectivity index (χ2n) is 2.32. The van der Waals surface area contributed by atoms with Gasteiger partial charge in [-0.05, 0) is 24.3 Å². The Balaban J connectivity index is 2.82. The minimum Gasteiger partial charge on any atom is -0.399 e. The largest absolute Gasteiger partial charge is 0.399 e. The van der Waals surface area contributed by atoms with Gasteiger partial charge in [0.2, 0.25) is 0 Å². The van der Waals surface area contributed by atoms with E-state index in [4.69, 9.17) is 17.3 Å². The summed E-state index contributed by atoms with van der Waals surface area (Å²) in [4.78, 5) is 0. The molecule has 6 heteroatoms. The average Bonchev–Trinajstić information content (AvgIpc) is 2.09. The van der Waals surface area contributed by atoms with Gasteiger partial charge in [0, 0.05) is 5.69 Å². The molecule has 0 aliphatic rings. The lowest BCUT2D eigenvalue weighted by Gasteiger charge is -2.03. The van der Waals surface area contributed by atoms with Crippen LogP contribution in [0.2, 0.25) is 0 Å². The van der Waals surface area contributed by atoms with E-state index >= 15 is 0 Å². The Hall–Kier alpha value is -0.940. The maximum atomic E-state index is 10.9. The van der Waals surface area contributed by atoms with E-state index in [0.29, 0.717) is 5.69 Å². The van der Waals surface area contributed by atoms with Gasteiger partial charge < -0.3 is 9.92 Å². The van der Waals surface area contributed by atoms with Crippen molar-refractivity contribution >= 4 is 27.4 Å². The fourth-order valence-corrected chi connectivity index (χ4v) is 1.27. The molecule has 72 valence electrons. The second kappa shape index (κ2) is 3.85. The zero-order chi connectivity index (χ0) is 9.90. The molecule has 0 aliphatic carbocycles. The van der Waals surface area contributed by atoms with Crippen LogP contribution >= 0.6 is 11.6 Å². The lowest BCUT2D eigenvalue weighted by molar-refractivity contribution is 0.491. The van der Waals surface area contributed by atoms with Gasteiger partial charge in [-0.2, -0.15) is 8.42 Å². The first-order valence-corrected chi connectivity index (χ1v) is 5.48. The summed E-state index contributed by atoms with van der Waals surface area (Å²) in [5, 5.41) is -0.572. The molecule has 0 heterocycles. The summed E-state index contributed by atoms with van der Waals surface area (Å²) in [5.41, 5.74) is 5.93. The van der Waals surface area contributed by atoms with E-state index in [2.05, 4.69) is 4.18 Å². The molecule has 0 fully saturated rings. The highest BCUT2D eigenvalue weighted by atomic mass is 35.5. The first kappa shape index (κ1) is 10.1. The summed E-state index contributed by atoms with van der Waals surface area (Å²) in [7, 11) is -3.66. The average molecular weight is 222 g/mol. The molecule has 0 radical (unpaired) electrons. The topological polar surface area (TPSA) is 69.4 Å². The maximum Gasteiger partial charge on any atom is 0.323 e. The highest BCUT2D eigenvalue weighted by Gasteiger charge is 2.09. The van der Waals surface area contributed by atoms with E-state index in [1.165, 1.54) is 12.1 Å². The van der Waals surface area contributed by atoms with Crippen molar-refractivity contribution < 1.29 is 12.6 Å². The lowest BCUT2D eigenvalue weighted by atomic mass is 10.3. The number of hydrogen-bond acceptors (Lipinski definition) is 4. The van der Waals surface area contributed by atoms with E-state index in [-0.39, 0.29) is 5.75 Å². The van der Waals surface area contributed by atoms with Gasteiger partial charge in [-0.25, -0.2) is 0 Å². The predicted octanol–water partition coefficient (Wildman–Crippen LogP) is 1.17. The minimum atomic E-state index is -3.66. The Bertz CT molecular complexity index is 373. The summed E-state index contributed by atoms with van der Waals surface area (Å²) < 4.78 is 26.3. The summed E-state index contributed by atoms with van der Waals surface area (Å²) in [6, 6.07) is 6.00. The third-order valence-corrected chi connectivity index (χ3v) is 2.75. The van der Waals surface area contributed by atoms with E-state index in [9.17, 15) is 8.42 Å². The molecule has 1 rings (SSSR count). The monoisotopic (exact) mass is 221 g/mol. The fraction of sp³-hybridized carbons (Fsp3) is 0.143. The van der Waals surface area contributed by atoms with Gasteiger partial charge in [-0.3, -0.25) is 0 Å². The minimum absolute atomic E-state index is 0.204. The molecule has 0 spiro atoms. The van der Waals surface area contributed by atoms with Crippen LogP contribution in [0.4, 0.5) is 5.69 Å². The Kier molecular flexibility index (Phi) is 3.00. The number of halogens is 1. The van der Waals surface area contributed by atoms with Crippen molar-refractivity contribution in [3.8, 4) is 5.75 Å². The molecule has 0 amide bonds. The van der Waals surface area contributed by atoms with Gasteiger partial charge in [0.25, 0.3) is 0 Å². The van der Waals surface area contributed by atoms with Crippen molar-refractivity contribution in [2.75, 3.05) is 10.9 Å². The molecule has 0 atom stereocenters. The van der Waals surface area contributed by atoms with Crippen molar-refractivity contribution in [2.24, 2.45) is 0 Å². The van der Waals surface area contributed by atoms with Crippen LogP contribution in [0.25, 0.3) is 0 Å². The van der Waals surface area contributed by atoms with Gasteiger partial charge in [-0.15, -0.1) is 11.6 Å². The highest BCUT2D eigenvalue weighted by Crippen LogP contribution is 2.15. The van der Waals surface area contributed by atoms with Gasteiger partial charge in [0.05, 0.1) is 0 Å². The molecule has 13 heavy (non-hydrogen) atoms. The quantitative estimate of drug-likeness (QED) is 0.473.